The number of nitrogens with one attached hydrogen (secondary N) is 1. The average molecular weight is 287 g/mol. The fourth-order valence-corrected chi connectivity index (χ4v) is 3.85. The zero-order chi connectivity index (χ0) is 14.9. The second-order valence-electron chi connectivity index (χ2n) is 7.77. The molecular formula is C18H29N3. The van der Waals surface area contributed by atoms with E-state index < -0.39 is 0 Å². The molecule has 0 unspecified atom stereocenters. The molecule has 1 aliphatic heterocycles. The van der Waals surface area contributed by atoms with Gasteiger partial charge in [-0.3, -0.25) is 0 Å². The highest BCUT2D eigenvalue weighted by molar-refractivity contribution is 5.45. The van der Waals surface area contributed by atoms with E-state index in [0.717, 1.165) is 19.6 Å². The van der Waals surface area contributed by atoms with Gasteiger partial charge in [-0.25, -0.2) is 4.98 Å². The Kier molecular flexibility index (Phi) is 3.96. The molecule has 1 saturated carbocycles. The molecule has 21 heavy (non-hydrogen) atoms. The van der Waals surface area contributed by atoms with E-state index >= 15 is 0 Å². The normalized spacial score (nSPS) is 22.5. The summed E-state index contributed by atoms with van der Waals surface area (Å²) >= 11 is 0. The van der Waals surface area contributed by atoms with Crippen molar-refractivity contribution in [2.24, 2.45) is 0 Å². The SMILES string of the molecule is CC(C)(C)c1ccc(N2CCNCC23CCCCC3)nc1. The van der Waals surface area contributed by atoms with Crippen molar-refractivity contribution < 1.29 is 0 Å². The van der Waals surface area contributed by atoms with Crippen LogP contribution in [0.25, 0.3) is 0 Å². The maximum absolute atomic E-state index is 4.82. The summed E-state index contributed by atoms with van der Waals surface area (Å²) in [6, 6.07) is 4.50. The topological polar surface area (TPSA) is 28.2 Å². The minimum absolute atomic E-state index is 0.178. The largest absolute Gasteiger partial charge is 0.348 e. The minimum atomic E-state index is 0.178. The van der Waals surface area contributed by atoms with Crippen molar-refractivity contribution >= 4 is 5.82 Å². The Morgan fingerprint density at radius 1 is 1.14 bits per heavy atom. The Hall–Kier alpha value is -1.09. The highest BCUT2D eigenvalue weighted by atomic mass is 15.3. The Labute approximate surface area is 129 Å². The van der Waals surface area contributed by atoms with Crippen LogP contribution in [0.4, 0.5) is 5.82 Å². The van der Waals surface area contributed by atoms with E-state index in [1.807, 2.05) is 0 Å². The molecule has 2 aliphatic rings. The summed E-state index contributed by atoms with van der Waals surface area (Å²) in [6.07, 6.45) is 8.81. The molecule has 0 atom stereocenters. The lowest BCUT2D eigenvalue weighted by molar-refractivity contribution is 0.239. The molecule has 0 radical (unpaired) electrons. The molecule has 3 rings (SSSR count). The number of hydrogen-bond acceptors (Lipinski definition) is 3. The van der Waals surface area contributed by atoms with E-state index in [1.165, 1.54) is 43.5 Å². The first kappa shape index (κ1) is 14.8. The fourth-order valence-electron chi connectivity index (χ4n) is 3.85. The van der Waals surface area contributed by atoms with Crippen LogP contribution in [0.15, 0.2) is 18.3 Å². The Balaban J connectivity index is 1.86. The lowest BCUT2D eigenvalue weighted by Crippen LogP contribution is -2.62. The first-order valence-electron chi connectivity index (χ1n) is 8.46. The molecule has 3 heteroatoms. The zero-order valence-corrected chi connectivity index (χ0v) is 13.8. The summed E-state index contributed by atoms with van der Waals surface area (Å²) in [6.45, 7) is 10.0. The molecule has 1 aromatic heterocycles. The quantitative estimate of drug-likeness (QED) is 0.857. The van der Waals surface area contributed by atoms with Crippen molar-refractivity contribution in [1.82, 2.24) is 10.3 Å². The first-order chi connectivity index (χ1) is 10.0. The minimum Gasteiger partial charge on any atom is -0.348 e. The van der Waals surface area contributed by atoms with Crippen LogP contribution in [0.5, 0.6) is 0 Å². The zero-order valence-electron chi connectivity index (χ0n) is 13.8. The van der Waals surface area contributed by atoms with Gasteiger partial charge < -0.3 is 10.2 Å². The second-order valence-corrected chi connectivity index (χ2v) is 7.77. The van der Waals surface area contributed by atoms with Crippen molar-refractivity contribution in [1.29, 1.82) is 0 Å². The van der Waals surface area contributed by atoms with Gasteiger partial charge in [-0.1, -0.05) is 46.1 Å². The Morgan fingerprint density at radius 3 is 2.52 bits per heavy atom. The number of nitrogens with zero attached hydrogens (tertiary/aromatic N) is 2. The highest BCUT2D eigenvalue weighted by Gasteiger charge is 2.40. The maximum Gasteiger partial charge on any atom is 0.129 e. The summed E-state index contributed by atoms with van der Waals surface area (Å²) in [5.41, 5.74) is 1.81. The molecule has 2 fully saturated rings. The molecule has 0 aromatic carbocycles. The van der Waals surface area contributed by atoms with Crippen LogP contribution in [-0.4, -0.2) is 30.2 Å². The van der Waals surface area contributed by atoms with E-state index in [1.54, 1.807) is 0 Å². The van der Waals surface area contributed by atoms with Gasteiger partial charge in [0.15, 0.2) is 0 Å². The van der Waals surface area contributed by atoms with Gasteiger partial charge in [0.2, 0.25) is 0 Å². The number of pyridine rings is 1. The predicted molar refractivity (Wildman–Crippen MR) is 89.0 cm³/mol. The van der Waals surface area contributed by atoms with E-state index in [9.17, 15) is 0 Å². The smallest absolute Gasteiger partial charge is 0.129 e. The van der Waals surface area contributed by atoms with Gasteiger partial charge in [-0.2, -0.15) is 0 Å². The summed E-state index contributed by atoms with van der Waals surface area (Å²) in [4.78, 5) is 7.41. The van der Waals surface area contributed by atoms with Crippen LogP contribution in [0.3, 0.4) is 0 Å². The van der Waals surface area contributed by atoms with Crippen LogP contribution in [0.2, 0.25) is 0 Å². The highest BCUT2D eigenvalue weighted by Crippen LogP contribution is 2.37. The Morgan fingerprint density at radius 2 is 1.90 bits per heavy atom. The van der Waals surface area contributed by atoms with Crippen LogP contribution < -0.4 is 10.2 Å². The number of aromatic nitrogens is 1. The molecule has 2 heterocycles. The van der Waals surface area contributed by atoms with Gasteiger partial charge in [0, 0.05) is 25.8 Å². The van der Waals surface area contributed by atoms with E-state index in [0.29, 0.717) is 5.54 Å². The molecule has 1 aliphatic carbocycles. The number of rotatable bonds is 1. The van der Waals surface area contributed by atoms with Gasteiger partial charge >= 0.3 is 0 Å². The molecule has 1 aromatic rings. The third-order valence-corrected chi connectivity index (χ3v) is 5.21. The van der Waals surface area contributed by atoms with E-state index in [4.69, 9.17) is 4.98 Å². The Bertz CT molecular complexity index is 458. The van der Waals surface area contributed by atoms with Crippen LogP contribution in [0, 0.1) is 0 Å². The van der Waals surface area contributed by atoms with Crippen LogP contribution >= 0.6 is 0 Å². The van der Waals surface area contributed by atoms with Crippen molar-refractivity contribution in [2.45, 2.75) is 63.8 Å². The fraction of sp³-hybridized carbons (Fsp3) is 0.722. The number of piperazine rings is 1. The molecular weight excluding hydrogens is 258 g/mol. The first-order valence-corrected chi connectivity index (χ1v) is 8.46. The molecule has 1 spiro atoms. The average Bonchev–Trinajstić information content (AvgIpc) is 2.48. The van der Waals surface area contributed by atoms with Crippen LogP contribution in [-0.2, 0) is 5.41 Å². The van der Waals surface area contributed by atoms with Crippen molar-refractivity contribution in [3.63, 3.8) is 0 Å². The third kappa shape index (κ3) is 2.94. The standard InChI is InChI=1S/C18H29N3/c1-17(2,3)15-7-8-16(20-13-15)21-12-11-19-14-18(21)9-5-4-6-10-18/h7-8,13,19H,4-6,9-12,14H2,1-3H3. The van der Waals surface area contributed by atoms with Gasteiger partial charge in [0.1, 0.15) is 5.82 Å². The lowest BCUT2D eigenvalue weighted by Gasteiger charge is -2.50. The van der Waals surface area contributed by atoms with Crippen molar-refractivity contribution in [3.8, 4) is 0 Å². The maximum atomic E-state index is 4.82. The molecule has 0 bridgehead atoms. The molecule has 1 saturated heterocycles. The molecule has 1 N–H and O–H groups in total. The van der Waals surface area contributed by atoms with E-state index in [2.05, 4.69) is 49.3 Å². The van der Waals surface area contributed by atoms with Gasteiger partial charge in [0.05, 0.1) is 5.54 Å². The summed E-state index contributed by atoms with van der Waals surface area (Å²) in [5.74, 6) is 1.17. The molecule has 0 amide bonds. The molecule has 116 valence electrons. The van der Waals surface area contributed by atoms with Crippen molar-refractivity contribution in [3.05, 3.63) is 23.9 Å². The monoisotopic (exact) mass is 287 g/mol. The summed E-state index contributed by atoms with van der Waals surface area (Å²) < 4.78 is 0. The summed E-state index contributed by atoms with van der Waals surface area (Å²) in [5, 5.41) is 3.61. The van der Waals surface area contributed by atoms with Gasteiger partial charge in [-0.05, 0) is 29.9 Å². The summed E-state index contributed by atoms with van der Waals surface area (Å²) in [7, 11) is 0. The molecule has 3 nitrogen and oxygen atoms in total. The van der Waals surface area contributed by atoms with Crippen LogP contribution in [0.1, 0.15) is 58.4 Å². The van der Waals surface area contributed by atoms with Gasteiger partial charge in [-0.15, -0.1) is 0 Å². The predicted octanol–water partition coefficient (Wildman–Crippen LogP) is 3.49. The van der Waals surface area contributed by atoms with Crippen molar-refractivity contribution in [2.75, 3.05) is 24.5 Å². The second kappa shape index (κ2) is 5.60. The van der Waals surface area contributed by atoms with Gasteiger partial charge in [0.25, 0.3) is 0 Å². The number of hydrogen-bond donors (Lipinski definition) is 1. The number of anilines is 1. The third-order valence-electron chi connectivity index (χ3n) is 5.21. The van der Waals surface area contributed by atoms with E-state index in [-0.39, 0.29) is 5.41 Å². The lowest BCUT2D eigenvalue weighted by atomic mass is 9.79.